The Morgan fingerprint density at radius 3 is 2.50 bits per heavy atom. The van der Waals surface area contributed by atoms with Crippen LogP contribution in [0.15, 0.2) is 41.7 Å². The van der Waals surface area contributed by atoms with E-state index in [4.69, 9.17) is 23.2 Å². The topological polar surface area (TPSA) is 68.7 Å². The number of nitrogens with zero attached hydrogens (tertiary/aromatic N) is 5. The molecule has 10 heteroatoms. The second-order valence-electron chi connectivity index (χ2n) is 6.74. The molecule has 2 aromatic rings. The van der Waals surface area contributed by atoms with Gasteiger partial charge in [-0.2, -0.15) is 0 Å². The molecule has 0 saturated carbocycles. The number of halogens is 3. The molecule has 1 saturated heterocycles. The Balaban J connectivity index is 0.00000320. The predicted molar refractivity (Wildman–Crippen MR) is 135 cm³/mol. The van der Waals surface area contributed by atoms with Crippen LogP contribution in [0.5, 0.6) is 0 Å². The number of aliphatic imine (C=N–C) groups is 1. The molecule has 1 aromatic heterocycles. The molecule has 0 radical (unpaired) electrons. The quantitative estimate of drug-likeness (QED) is 0.306. The number of aromatic nitrogens is 2. The van der Waals surface area contributed by atoms with Crippen LogP contribution in [0.25, 0.3) is 0 Å². The molecule has 0 unspecified atom stereocenters. The Morgan fingerprint density at radius 1 is 1.10 bits per heavy atom. The first-order valence-corrected chi connectivity index (χ1v) is 10.6. The van der Waals surface area contributed by atoms with Gasteiger partial charge in [0.05, 0.1) is 6.54 Å². The monoisotopic (exact) mass is 563 g/mol. The molecule has 0 amide bonds. The molecular weight excluding hydrogens is 536 g/mol. The largest absolute Gasteiger partial charge is 0.357 e. The molecular formula is C20H28Cl2IN7. The fraction of sp³-hybridized carbons (Fsp3) is 0.450. The van der Waals surface area contributed by atoms with Crippen molar-refractivity contribution in [2.75, 3.05) is 50.7 Å². The highest BCUT2D eigenvalue weighted by atomic mass is 127. The summed E-state index contributed by atoms with van der Waals surface area (Å²) < 4.78 is 0. The Kier molecular flexibility index (Phi) is 10.9. The Hall–Kier alpha value is -1.36. The van der Waals surface area contributed by atoms with E-state index >= 15 is 0 Å². The SMILES string of the molecule is CCNC(=NCc1ccc(Cl)cc1Cl)NCCN1CCN(c2ncccn2)CC1.I. The summed E-state index contributed by atoms with van der Waals surface area (Å²) in [6.07, 6.45) is 3.58. The number of hydrogen-bond donors (Lipinski definition) is 2. The fourth-order valence-corrected chi connectivity index (χ4v) is 3.58. The predicted octanol–water partition coefficient (Wildman–Crippen LogP) is 3.28. The van der Waals surface area contributed by atoms with Crippen LogP contribution < -0.4 is 15.5 Å². The zero-order valence-electron chi connectivity index (χ0n) is 17.0. The van der Waals surface area contributed by atoms with E-state index in [2.05, 4.69) is 42.3 Å². The number of rotatable bonds is 7. The number of piperazine rings is 1. The van der Waals surface area contributed by atoms with E-state index in [0.29, 0.717) is 16.6 Å². The van der Waals surface area contributed by atoms with Gasteiger partial charge in [0.25, 0.3) is 0 Å². The highest BCUT2D eigenvalue weighted by Crippen LogP contribution is 2.21. The summed E-state index contributed by atoms with van der Waals surface area (Å²) in [5.41, 5.74) is 0.951. The van der Waals surface area contributed by atoms with Gasteiger partial charge in [-0.05, 0) is 30.7 Å². The first kappa shape index (κ1) is 24.9. The van der Waals surface area contributed by atoms with E-state index in [9.17, 15) is 0 Å². The summed E-state index contributed by atoms with van der Waals surface area (Å²) in [5, 5.41) is 7.95. The highest BCUT2D eigenvalue weighted by molar-refractivity contribution is 14.0. The Bertz CT molecular complexity index is 799. The van der Waals surface area contributed by atoms with E-state index in [1.807, 2.05) is 18.2 Å². The number of benzene rings is 1. The molecule has 1 aliphatic heterocycles. The van der Waals surface area contributed by atoms with Crippen molar-refractivity contribution in [3.05, 3.63) is 52.3 Å². The van der Waals surface area contributed by atoms with Crippen molar-refractivity contribution < 1.29 is 0 Å². The van der Waals surface area contributed by atoms with Gasteiger partial charge < -0.3 is 15.5 Å². The maximum atomic E-state index is 6.24. The van der Waals surface area contributed by atoms with Crippen LogP contribution in [0.2, 0.25) is 10.0 Å². The van der Waals surface area contributed by atoms with E-state index < -0.39 is 0 Å². The Labute approximate surface area is 205 Å². The van der Waals surface area contributed by atoms with Crippen molar-refractivity contribution in [1.82, 2.24) is 25.5 Å². The van der Waals surface area contributed by atoms with Crippen molar-refractivity contribution in [2.24, 2.45) is 4.99 Å². The maximum Gasteiger partial charge on any atom is 0.225 e. The normalized spacial score (nSPS) is 14.9. The van der Waals surface area contributed by atoms with Crippen LogP contribution in [0, 0.1) is 0 Å². The lowest BCUT2D eigenvalue weighted by Gasteiger charge is -2.34. The van der Waals surface area contributed by atoms with Crippen molar-refractivity contribution in [3.63, 3.8) is 0 Å². The van der Waals surface area contributed by atoms with Crippen molar-refractivity contribution in [2.45, 2.75) is 13.5 Å². The van der Waals surface area contributed by atoms with Crippen LogP contribution in [-0.2, 0) is 6.54 Å². The van der Waals surface area contributed by atoms with Crippen LogP contribution in [0.3, 0.4) is 0 Å². The molecule has 2 N–H and O–H groups in total. The van der Waals surface area contributed by atoms with Crippen molar-refractivity contribution in [3.8, 4) is 0 Å². The summed E-state index contributed by atoms with van der Waals surface area (Å²) in [4.78, 5) is 18.0. The fourth-order valence-electron chi connectivity index (χ4n) is 3.11. The summed E-state index contributed by atoms with van der Waals surface area (Å²) >= 11 is 12.2. The van der Waals surface area contributed by atoms with Gasteiger partial charge in [-0.15, -0.1) is 24.0 Å². The van der Waals surface area contributed by atoms with Crippen molar-refractivity contribution in [1.29, 1.82) is 0 Å². The summed E-state index contributed by atoms with van der Waals surface area (Å²) in [6.45, 7) is 8.99. The molecule has 2 heterocycles. The van der Waals surface area contributed by atoms with Gasteiger partial charge in [-0.3, -0.25) is 4.90 Å². The highest BCUT2D eigenvalue weighted by Gasteiger charge is 2.18. The zero-order chi connectivity index (χ0) is 20.5. The van der Waals surface area contributed by atoms with E-state index in [-0.39, 0.29) is 24.0 Å². The van der Waals surface area contributed by atoms with Crippen LogP contribution in [0.1, 0.15) is 12.5 Å². The molecule has 1 aliphatic rings. The standard InChI is InChI=1S/C20H27Cl2N7.HI/c1-2-23-19(27-15-16-4-5-17(21)14-18(16)22)24-8-9-28-10-12-29(13-11-28)20-25-6-3-7-26-20;/h3-7,14H,2,8-13,15H2,1H3,(H2,23,24,27);1H. The molecule has 0 atom stereocenters. The minimum Gasteiger partial charge on any atom is -0.357 e. The molecule has 0 bridgehead atoms. The van der Waals surface area contributed by atoms with Crippen LogP contribution >= 0.6 is 47.2 Å². The summed E-state index contributed by atoms with van der Waals surface area (Å²) in [5.74, 6) is 1.60. The lowest BCUT2D eigenvalue weighted by atomic mass is 10.2. The molecule has 164 valence electrons. The molecule has 3 rings (SSSR count). The summed E-state index contributed by atoms with van der Waals surface area (Å²) in [7, 11) is 0. The average Bonchev–Trinajstić information content (AvgIpc) is 2.74. The molecule has 7 nitrogen and oxygen atoms in total. The second kappa shape index (κ2) is 13.1. The number of nitrogens with one attached hydrogen (secondary N) is 2. The molecule has 0 spiro atoms. The minimum atomic E-state index is 0. The lowest BCUT2D eigenvalue weighted by Crippen LogP contribution is -2.49. The molecule has 30 heavy (non-hydrogen) atoms. The van der Waals surface area contributed by atoms with E-state index in [1.165, 1.54) is 0 Å². The number of anilines is 1. The molecule has 1 fully saturated rings. The third kappa shape index (κ3) is 7.72. The number of hydrogen-bond acceptors (Lipinski definition) is 5. The third-order valence-electron chi connectivity index (χ3n) is 4.69. The van der Waals surface area contributed by atoms with Gasteiger partial charge in [0.2, 0.25) is 5.95 Å². The second-order valence-corrected chi connectivity index (χ2v) is 7.58. The average molecular weight is 564 g/mol. The van der Waals surface area contributed by atoms with Gasteiger partial charge in [0, 0.05) is 68.3 Å². The Morgan fingerprint density at radius 2 is 1.83 bits per heavy atom. The number of guanidine groups is 1. The van der Waals surface area contributed by atoms with Gasteiger partial charge in [0.1, 0.15) is 0 Å². The third-order valence-corrected chi connectivity index (χ3v) is 5.28. The van der Waals surface area contributed by atoms with E-state index in [0.717, 1.165) is 63.3 Å². The zero-order valence-corrected chi connectivity index (χ0v) is 20.9. The van der Waals surface area contributed by atoms with Gasteiger partial charge in [-0.1, -0.05) is 29.3 Å². The maximum absolute atomic E-state index is 6.24. The van der Waals surface area contributed by atoms with Crippen LogP contribution in [-0.4, -0.2) is 66.6 Å². The lowest BCUT2D eigenvalue weighted by molar-refractivity contribution is 0.260. The molecule has 1 aromatic carbocycles. The minimum absolute atomic E-state index is 0. The smallest absolute Gasteiger partial charge is 0.225 e. The van der Waals surface area contributed by atoms with E-state index in [1.54, 1.807) is 18.5 Å². The summed E-state index contributed by atoms with van der Waals surface area (Å²) in [6, 6.07) is 7.33. The van der Waals surface area contributed by atoms with Crippen LogP contribution in [0.4, 0.5) is 5.95 Å². The molecule has 0 aliphatic carbocycles. The first-order valence-electron chi connectivity index (χ1n) is 9.86. The first-order chi connectivity index (χ1) is 14.2. The van der Waals surface area contributed by atoms with Crippen molar-refractivity contribution >= 4 is 59.1 Å². The van der Waals surface area contributed by atoms with Gasteiger partial charge >= 0.3 is 0 Å². The van der Waals surface area contributed by atoms with Gasteiger partial charge in [0.15, 0.2) is 5.96 Å². The van der Waals surface area contributed by atoms with Gasteiger partial charge in [-0.25, -0.2) is 15.0 Å².